The molecule has 0 unspecified atom stereocenters. The number of methoxy groups -OCH3 is 1. The molecule has 0 spiro atoms. The highest BCUT2D eigenvalue weighted by Crippen LogP contribution is 2.28. The van der Waals surface area contributed by atoms with Gasteiger partial charge < -0.3 is 15.4 Å². The molecule has 0 saturated carbocycles. The molecular weight excluding hydrogens is 410 g/mol. The van der Waals surface area contributed by atoms with E-state index in [0.29, 0.717) is 16.0 Å². The van der Waals surface area contributed by atoms with Gasteiger partial charge >= 0.3 is 6.03 Å². The van der Waals surface area contributed by atoms with Gasteiger partial charge in [-0.05, 0) is 29.8 Å². The van der Waals surface area contributed by atoms with Crippen LogP contribution in [0.25, 0.3) is 0 Å². The average molecular weight is 430 g/mol. The molecule has 0 aliphatic rings. The molecular formula is C19H19N5O3S2. The fourth-order valence-electron chi connectivity index (χ4n) is 2.23. The maximum Gasteiger partial charge on any atom is 0.321 e. The molecule has 10 heteroatoms. The molecule has 8 nitrogen and oxygen atoms in total. The van der Waals surface area contributed by atoms with Crippen molar-refractivity contribution in [3.05, 3.63) is 60.2 Å². The predicted molar refractivity (Wildman–Crippen MR) is 114 cm³/mol. The number of nitrogens with one attached hydrogen (secondary N) is 3. The van der Waals surface area contributed by atoms with E-state index >= 15 is 0 Å². The molecule has 2 aromatic carbocycles. The first kappa shape index (κ1) is 20.6. The molecule has 3 N–H and O–H groups in total. The topological polar surface area (TPSA) is 105 Å². The number of thioether (sulfide) groups is 1. The molecule has 0 aliphatic carbocycles. The first-order chi connectivity index (χ1) is 14.1. The van der Waals surface area contributed by atoms with Gasteiger partial charge in [0.2, 0.25) is 11.0 Å². The smallest absolute Gasteiger partial charge is 0.321 e. The number of aromatic nitrogens is 2. The highest BCUT2D eigenvalue weighted by molar-refractivity contribution is 8.01. The number of benzene rings is 2. The lowest BCUT2D eigenvalue weighted by atomic mass is 10.2. The van der Waals surface area contributed by atoms with Gasteiger partial charge in [0, 0.05) is 12.2 Å². The Morgan fingerprint density at radius 3 is 2.55 bits per heavy atom. The lowest BCUT2D eigenvalue weighted by molar-refractivity contribution is -0.117. The Hall–Kier alpha value is -3.11. The van der Waals surface area contributed by atoms with Gasteiger partial charge in [-0.25, -0.2) is 4.79 Å². The summed E-state index contributed by atoms with van der Waals surface area (Å²) in [6.45, 7) is 0.351. The fraction of sp³-hybridized carbons (Fsp3) is 0.158. The molecule has 0 fully saturated rings. The number of carbonyl (C=O) groups is 2. The summed E-state index contributed by atoms with van der Waals surface area (Å²) in [5.41, 5.74) is 1.81. The van der Waals surface area contributed by atoms with E-state index in [1.165, 1.54) is 23.1 Å². The van der Waals surface area contributed by atoms with E-state index in [9.17, 15) is 9.59 Å². The number of nitrogens with zero attached hydrogens (tertiary/aromatic N) is 2. The van der Waals surface area contributed by atoms with E-state index in [2.05, 4.69) is 26.1 Å². The number of ether oxygens (including phenoxy) is 1. The fourth-order valence-corrected chi connectivity index (χ4v) is 3.80. The van der Waals surface area contributed by atoms with Crippen LogP contribution in [0, 0.1) is 0 Å². The molecule has 1 aromatic heterocycles. The highest BCUT2D eigenvalue weighted by atomic mass is 32.2. The van der Waals surface area contributed by atoms with Crippen LogP contribution in [0.15, 0.2) is 58.9 Å². The maximum atomic E-state index is 11.9. The number of urea groups is 1. The summed E-state index contributed by atoms with van der Waals surface area (Å²) in [4.78, 5) is 23.7. The number of imide groups is 1. The molecule has 0 radical (unpaired) electrons. The minimum Gasteiger partial charge on any atom is -0.497 e. The van der Waals surface area contributed by atoms with E-state index < -0.39 is 11.9 Å². The summed E-state index contributed by atoms with van der Waals surface area (Å²) in [5, 5.41) is 16.8. The largest absolute Gasteiger partial charge is 0.497 e. The predicted octanol–water partition coefficient (Wildman–Crippen LogP) is 3.41. The zero-order valence-electron chi connectivity index (χ0n) is 15.5. The maximum absolute atomic E-state index is 11.9. The number of hydrogen-bond acceptors (Lipinski definition) is 8. The van der Waals surface area contributed by atoms with Crippen LogP contribution in [0.5, 0.6) is 5.75 Å². The van der Waals surface area contributed by atoms with Crippen molar-refractivity contribution in [1.82, 2.24) is 20.8 Å². The van der Waals surface area contributed by atoms with Crippen LogP contribution >= 0.6 is 23.1 Å². The van der Waals surface area contributed by atoms with Gasteiger partial charge in [-0.2, -0.15) is 0 Å². The third-order valence-corrected chi connectivity index (χ3v) is 5.60. The van der Waals surface area contributed by atoms with Gasteiger partial charge in [-0.1, -0.05) is 53.4 Å². The molecule has 0 atom stereocenters. The first-order valence-corrected chi connectivity index (χ1v) is 10.4. The molecule has 150 valence electrons. The molecule has 0 aliphatic heterocycles. The van der Waals surface area contributed by atoms with E-state index in [-0.39, 0.29) is 5.75 Å². The van der Waals surface area contributed by atoms with Gasteiger partial charge in [-0.3, -0.25) is 10.1 Å². The first-order valence-electron chi connectivity index (χ1n) is 8.61. The zero-order chi connectivity index (χ0) is 20.5. The van der Waals surface area contributed by atoms with Gasteiger partial charge in [-0.15, -0.1) is 10.2 Å². The Balaban J connectivity index is 1.40. The number of amides is 3. The van der Waals surface area contributed by atoms with Gasteiger partial charge in [0.15, 0.2) is 4.34 Å². The normalized spacial score (nSPS) is 10.2. The van der Waals surface area contributed by atoms with Crippen molar-refractivity contribution < 1.29 is 14.3 Å². The molecule has 0 saturated heterocycles. The Kier molecular flexibility index (Phi) is 7.42. The second-order valence-electron chi connectivity index (χ2n) is 5.73. The number of rotatable bonds is 8. The van der Waals surface area contributed by atoms with E-state index in [1.54, 1.807) is 7.11 Å². The lowest BCUT2D eigenvalue weighted by Gasteiger charge is -2.06. The Labute approximate surface area is 176 Å². The van der Waals surface area contributed by atoms with Crippen molar-refractivity contribution in [3.63, 3.8) is 0 Å². The van der Waals surface area contributed by atoms with Gasteiger partial charge in [0.25, 0.3) is 0 Å². The number of carbonyl (C=O) groups excluding carboxylic acids is 2. The van der Waals surface area contributed by atoms with Crippen molar-refractivity contribution in [2.45, 2.75) is 10.9 Å². The summed E-state index contributed by atoms with van der Waals surface area (Å²) in [5.74, 6) is 0.430. The van der Waals surface area contributed by atoms with Crippen LogP contribution in [0.2, 0.25) is 0 Å². The molecule has 3 aromatic rings. The van der Waals surface area contributed by atoms with Crippen LogP contribution in [0.3, 0.4) is 0 Å². The summed E-state index contributed by atoms with van der Waals surface area (Å²) >= 11 is 2.54. The summed E-state index contributed by atoms with van der Waals surface area (Å²) in [7, 11) is 1.61. The quantitative estimate of drug-likeness (QED) is 0.471. The third kappa shape index (κ3) is 6.77. The Morgan fingerprint density at radius 2 is 1.83 bits per heavy atom. The van der Waals surface area contributed by atoms with Crippen LogP contribution in [-0.2, 0) is 11.3 Å². The van der Waals surface area contributed by atoms with Crippen molar-refractivity contribution in [2.75, 3.05) is 18.2 Å². The van der Waals surface area contributed by atoms with Crippen LogP contribution in [-0.4, -0.2) is 35.0 Å². The van der Waals surface area contributed by atoms with Crippen LogP contribution in [0.4, 0.5) is 15.6 Å². The Bertz CT molecular complexity index is 948. The molecule has 3 rings (SSSR count). The third-order valence-electron chi connectivity index (χ3n) is 3.62. The molecule has 3 amide bonds. The monoisotopic (exact) mass is 429 g/mol. The summed E-state index contributed by atoms with van der Waals surface area (Å²) < 4.78 is 5.75. The minimum atomic E-state index is -0.529. The SMILES string of the molecule is COc1ccc(Nc2nnc(SCC(=O)NC(=O)NCc3ccccc3)s2)cc1. The summed E-state index contributed by atoms with van der Waals surface area (Å²) in [6.07, 6.45) is 0. The second-order valence-corrected chi connectivity index (χ2v) is 7.93. The van der Waals surface area contributed by atoms with Crippen LogP contribution in [0.1, 0.15) is 5.56 Å². The van der Waals surface area contributed by atoms with Gasteiger partial charge in [0.1, 0.15) is 5.75 Å². The van der Waals surface area contributed by atoms with Crippen molar-refractivity contribution in [2.24, 2.45) is 0 Å². The summed E-state index contributed by atoms with van der Waals surface area (Å²) in [6, 6.07) is 16.3. The second kappa shape index (κ2) is 10.4. The lowest BCUT2D eigenvalue weighted by Crippen LogP contribution is -2.39. The average Bonchev–Trinajstić information content (AvgIpc) is 3.19. The minimum absolute atomic E-state index is 0.0654. The zero-order valence-corrected chi connectivity index (χ0v) is 17.2. The van der Waals surface area contributed by atoms with E-state index in [1.807, 2.05) is 54.6 Å². The standard InChI is InChI=1S/C19H19N5O3S2/c1-27-15-9-7-14(8-10-15)21-18-23-24-19(29-18)28-12-16(25)22-17(26)20-11-13-5-3-2-4-6-13/h2-10H,11-12H2,1H3,(H,21,23)(H2,20,22,25,26). The van der Waals surface area contributed by atoms with Gasteiger partial charge in [0.05, 0.1) is 12.9 Å². The highest BCUT2D eigenvalue weighted by Gasteiger charge is 2.11. The van der Waals surface area contributed by atoms with E-state index in [0.717, 1.165) is 17.0 Å². The molecule has 0 bridgehead atoms. The van der Waals surface area contributed by atoms with Crippen molar-refractivity contribution in [3.8, 4) is 5.75 Å². The molecule has 29 heavy (non-hydrogen) atoms. The number of hydrogen-bond donors (Lipinski definition) is 3. The van der Waals surface area contributed by atoms with E-state index in [4.69, 9.17) is 4.74 Å². The van der Waals surface area contributed by atoms with Crippen molar-refractivity contribution >= 4 is 45.9 Å². The Morgan fingerprint density at radius 1 is 1.07 bits per heavy atom. The molecule has 1 heterocycles. The van der Waals surface area contributed by atoms with Crippen LogP contribution < -0.4 is 20.7 Å². The number of anilines is 2. The van der Waals surface area contributed by atoms with Crippen molar-refractivity contribution in [1.29, 1.82) is 0 Å².